The van der Waals surface area contributed by atoms with Crippen molar-refractivity contribution in [3.05, 3.63) is 59.7 Å². The van der Waals surface area contributed by atoms with Crippen LogP contribution in [0.1, 0.15) is 25.0 Å². The third-order valence-corrected chi connectivity index (χ3v) is 3.74. The fourth-order valence-electron chi connectivity index (χ4n) is 2.83. The molecule has 0 radical (unpaired) electrons. The van der Waals surface area contributed by atoms with Crippen molar-refractivity contribution in [3.63, 3.8) is 0 Å². The van der Waals surface area contributed by atoms with Crippen molar-refractivity contribution in [2.75, 3.05) is 0 Å². The molecule has 1 heteroatoms. The van der Waals surface area contributed by atoms with Crippen molar-refractivity contribution in [2.45, 2.75) is 27.2 Å². The molecule has 1 nitrogen and oxygen atoms in total. The van der Waals surface area contributed by atoms with Gasteiger partial charge in [0.25, 0.3) is 0 Å². The maximum absolute atomic E-state index is 3.61. The molecule has 0 aliphatic heterocycles. The van der Waals surface area contributed by atoms with Gasteiger partial charge in [0, 0.05) is 16.6 Å². The number of benzene rings is 2. The van der Waals surface area contributed by atoms with Crippen LogP contribution in [0, 0.1) is 12.8 Å². The van der Waals surface area contributed by atoms with Crippen LogP contribution in [0.25, 0.3) is 22.2 Å². The zero-order valence-corrected chi connectivity index (χ0v) is 12.4. The predicted molar refractivity (Wildman–Crippen MR) is 87.0 cm³/mol. The third kappa shape index (κ3) is 2.36. The van der Waals surface area contributed by atoms with Crippen LogP contribution in [0.5, 0.6) is 0 Å². The number of nitrogens with one attached hydrogen (secondary N) is 1. The Balaban J connectivity index is 2.25. The lowest BCUT2D eigenvalue weighted by Crippen LogP contribution is -1.95. The van der Waals surface area contributed by atoms with Gasteiger partial charge < -0.3 is 4.98 Å². The quantitative estimate of drug-likeness (QED) is 0.656. The molecule has 0 aliphatic carbocycles. The molecule has 20 heavy (non-hydrogen) atoms. The van der Waals surface area contributed by atoms with E-state index in [1.54, 1.807) is 0 Å². The molecule has 3 aromatic rings. The lowest BCUT2D eigenvalue weighted by Gasteiger charge is -2.08. The van der Waals surface area contributed by atoms with Crippen molar-refractivity contribution in [1.82, 2.24) is 4.98 Å². The van der Waals surface area contributed by atoms with E-state index in [1.165, 1.54) is 33.3 Å². The van der Waals surface area contributed by atoms with E-state index in [1.807, 2.05) is 0 Å². The van der Waals surface area contributed by atoms with Gasteiger partial charge >= 0.3 is 0 Å². The van der Waals surface area contributed by atoms with E-state index in [0.717, 1.165) is 6.42 Å². The Bertz CT molecular complexity index is 720. The van der Waals surface area contributed by atoms with E-state index in [4.69, 9.17) is 0 Å². The average molecular weight is 263 g/mol. The highest BCUT2D eigenvalue weighted by molar-refractivity contribution is 5.91. The van der Waals surface area contributed by atoms with Crippen LogP contribution in [0.3, 0.4) is 0 Å². The van der Waals surface area contributed by atoms with Gasteiger partial charge in [0.05, 0.1) is 0 Å². The first-order chi connectivity index (χ1) is 9.65. The van der Waals surface area contributed by atoms with Crippen LogP contribution in [-0.2, 0) is 6.42 Å². The number of fused-ring (bicyclic) bond motifs is 1. The predicted octanol–water partition coefficient (Wildman–Crippen LogP) is 5.34. The second kappa shape index (κ2) is 5.16. The van der Waals surface area contributed by atoms with Gasteiger partial charge in [-0.15, -0.1) is 0 Å². The van der Waals surface area contributed by atoms with Crippen molar-refractivity contribution >= 4 is 10.9 Å². The smallest absolute Gasteiger partial charge is 0.0497 e. The first-order valence-electron chi connectivity index (χ1n) is 7.32. The van der Waals surface area contributed by atoms with Crippen molar-refractivity contribution in [1.29, 1.82) is 0 Å². The zero-order valence-electron chi connectivity index (χ0n) is 12.4. The van der Waals surface area contributed by atoms with Gasteiger partial charge in [0.15, 0.2) is 0 Å². The normalized spacial score (nSPS) is 11.4. The second-order valence-electron chi connectivity index (χ2n) is 5.99. The summed E-state index contributed by atoms with van der Waals surface area (Å²) in [6.07, 6.45) is 1.10. The SMILES string of the molecule is Cc1ccc2[nH]c(-c3ccccc3)c(CC(C)C)c2c1. The Morgan fingerprint density at radius 3 is 2.45 bits per heavy atom. The molecule has 0 saturated heterocycles. The molecule has 0 unspecified atom stereocenters. The Morgan fingerprint density at radius 2 is 1.75 bits per heavy atom. The minimum Gasteiger partial charge on any atom is -0.354 e. The topological polar surface area (TPSA) is 15.8 Å². The third-order valence-electron chi connectivity index (χ3n) is 3.74. The summed E-state index contributed by atoms with van der Waals surface area (Å²) < 4.78 is 0. The molecule has 1 N–H and O–H groups in total. The first kappa shape index (κ1) is 13.0. The van der Waals surface area contributed by atoms with E-state index in [2.05, 4.69) is 74.3 Å². The van der Waals surface area contributed by atoms with E-state index in [9.17, 15) is 0 Å². The van der Waals surface area contributed by atoms with Crippen molar-refractivity contribution < 1.29 is 0 Å². The molecule has 102 valence electrons. The van der Waals surface area contributed by atoms with Crippen LogP contribution < -0.4 is 0 Å². The molecule has 0 aliphatic rings. The summed E-state index contributed by atoms with van der Waals surface area (Å²) in [5.41, 5.74) is 6.56. The molecule has 0 saturated carbocycles. The average Bonchev–Trinajstić information content (AvgIpc) is 2.77. The Labute approximate surface area is 120 Å². The molecular weight excluding hydrogens is 242 g/mol. The molecule has 1 aromatic heterocycles. The maximum Gasteiger partial charge on any atom is 0.0497 e. The van der Waals surface area contributed by atoms with Crippen LogP contribution in [0.2, 0.25) is 0 Å². The summed E-state index contributed by atoms with van der Waals surface area (Å²) in [7, 11) is 0. The number of hydrogen-bond donors (Lipinski definition) is 1. The highest BCUT2D eigenvalue weighted by Gasteiger charge is 2.14. The lowest BCUT2D eigenvalue weighted by atomic mass is 9.96. The standard InChI is InChI=1S/C19H21N/c1-13(2)11-17-16-12-14(3)9-10-18(16)20-19(17)15-7-5-4-6-8-15/h4-10,12-13,20H,11H2,1-3H3. The van der Waals surface area contributed by atoms with Crippen molar-refractivity contribution in [3.8, 4) is 11.3 Å². The molecule has 3 rings (SSSR count). The van der Waals surface area contributed by atoms with Crippen LogP contribution >= 0.6 is 0 Å². The number of aromatic amines is 1. The van der Waals surface area contributed by atoms with E-state index in [-0.39, 0.29) is 0 Å². The van der Waals surface area contributed by atoms with E-state index >= 15 is 0 Å². The highest BCUT2D eigenvalue weighted by atomic mass is 14.7. The van der Waals surface area contributed by atoms with Crippen LogP contribution in [-0.4, -0.2) is 4.98 Å². The summed E-state index contributed by atoms with van der Waals surface area (Å²) >= 11 is 0. The fraction of sp³-hybridized carbons (Fsp3) is 0.263. The molecule has 2 aromatic carbocycles. The largest absolute Gasteiger partial charge is 0.354 e. The first-order valence-corrected chi connectivity index (χ1v) is 7.32. The summed E-state index contributed by atoms with van der Waals surface area (Å²) in [4.78, 5) is 3.61. The minimum absolute atomic E-state index is 0.650. The molecule has 0 bridgehead atoms. The number of hydrogen-bond acceptors (Lipinski definition) is 0. The van der Waals surface area contributed by atoms with Gasteiger partial charge in [-0.25, -0.2) is 0 Å². The van der Waals surface area contributed by atoms with Gasteiger partial charge in [0.2, 0.25) is 0 Å². The molecule has 0 atom stereocenters. The number of rotatable bonds is 3. The fourth-order valence-corrected chi connectivity index (χ4v) is 2.83. The van der Waals surface area contributed by atoms with Gasteiger partial charge in [-0.05, 0) is 42.5 Å². The molecule has 0 spiro atoms. The second-order valence-corrected chi connectivity index (χ2v) is 5.99. The van der Waals surface area contributed by atoms with Crippen molar-refractivity contribution in [2.24, 2.45) is 5.92 Å². The number of aryl methyl sites for hydroxylation is 1. The van der Waals surface area contributed by atoms with E-state index in [0.29, 0.717) is 5.92 Å². The van der Waals surface area contributed by atoms with Crippen LogP contribution in [0.4, 0.5) is 0 Å². The Morgan fingerprint density at radius 1 is 1.00 bits per heavy atom. The zero-order chi connectivity index (χ0) is 14.1. The van der Waals surface area contributed by atoms with Gasteiger partial charge in [-0.3, -0.25) is 0 Å². The minimum atomic E-state index is 0.650. The summed E-state index contributed by atoms with van der Waals surface area (Å²) in [5.74, 6) is 0.650. The lowest BCUT2D eigenvalue weighted by molar-refractivity contribution is 0.651. The summed E-state index contributed by atoms with van der Waals surface area (Å²) in [6, 6.07) is 17.3. The maximum atomic E-state index is 3.61. The summed E-state index contributed by atoms with van der Waals surface area (Å²) in [5, 5.41) is 1.37. The molecule has 1 heterocycles. The number of aromatic nitrogens is 1. The van der Waals surface area contributed by atoms with Crippen LogP contribution in [0.15, 0.2) is 48.5 Å². The Kier molecular flexibility index (Phi) is 3.35. The van der Waals surface area contributed by atoms with Gasteiger partial charge in [0.1, 0.15) is 0 Å². The van der Waals surface area contributed by atoms with E-state index < -0.39 is 0 Å². The highest BCUT2D eigenvalue weighted by Crippen LogP contribution is 2.32. The molecule has 0 fully saturated rings. The summed E-state index contributed by atoms with van der Waals surface area (Å²) in [6.45, 7) is 6.72. The molecule has 0 amide bonds. The van der Waals surface area contributed by atoms with Gasteiger partial charge in [-0.1, -0.05) is 55.8 Å². The Hall–Kier alpha value is -2.02. The van der Waals surface area contributed by atoms with Gasteiger partial charge in [-0.2, -0.15) is 0 Å². The monoisotopic (exact) mass is 263 g/mol. The number of H-pyrrole nitrogens is 1. The molecular formula is C19H21N.